The fourth-order valence-corrected chi connectivity index (χ4v) is 3.86. The molecule has 30 heavy (non-hydrogen) atoms. The van der Waals surface area contributed by atoms with E-state index >= 15 is 0 Å². The van der Waals surface area contributed by atoms with Gasteiger partial charge in [0, 0.05) is 46.8 Å². The number of aromatic amines is 1. The molecular formula is C25H26N4O. The number of H-pyrrole nitrogens is 1. The minimum Gasteiger partial charge on any atom is -0.361 e. The topological polar surface area (TPSA) is 61.9 Å². The van der Waals surface area contributed by atoms with Gasteiger partial charge < -0.3 is 9.88 Å². The number of benzene rings is 2. The molecule has 0 spiro atoms. The van der Waals surface area contributed by atoms with Crippen molar-refractivity contribution in [3.05, 3.63) is 78.8 Å². The van der Waals surface area contributed by atoms with E-state index in [2.05, 4.69) is 41.8 Å². The molecule has 5 heteroatoms. The summed E-state index contributed by atoms with van der Waals surface area (Å²) in [5.74, 6) is 1.00. The van der Waals surface area contributed by atoms with Gasteiger partial charge in [-0.2, -0.15) is 0 Å². The number of hydrogen-bond donors (Lipinski definition) is 1. The van der Waals surface area contributed by atoms with Crippen LogP contribution in [-0.2, 0) is 0 Å². The highest BCUT2D eigenvalue weighted by atomic mass is 16.2. The van der Waals surface area contributed by atoms with Crippen LogP contribution in [0.4, 0.5) is 5.69 Å². The Kier molecular flexibility index (Phi) is 5.61. The zero-order valence-corrected chi connectivity index (χ0v) is 17.5. The molecule has 0 aliphatic heterocycles. The molecule has 0 aliphatic rings. The predicted molar refractivity (Wildman–Crippen MR) is 121 cm³/mol. The maximum Gasteiger partial charge on any atom is 0.261 e. The van der Waals surface area contributed by atoms with Crippen LogP contribution < -0.4 is 4.90 Å². The number of nitrogens with one attached hydrogen (secondary N) is 1. The summed E-state index contributed by atoms with van der Waals surface area (Å²) in [7, 11) is 0. The van der Waals surface area contributed by atoms with E-state index in [0.717, 1.165) is 28.6 Å². The van der Waals surface area contributed by atoms with Crippen molar-refractivity contribution in [2.45, 2.75) is 33.2 Å². The maximum atomic E-state index is 13.5. The highest BCUT2D eigenvalue weighted by Gasteiger charge is 2.25. The Bertz CT molecular complexity index is 1130. The summed E-state index contributed by atoms with van der Waals surface area (Å²) >= 11 is 0. The zero-order valence-electron chi connectivity index (χ0n) is 17.5. The number of amides is 1. The van der Waals surface area contributed by atoms with Gasteiger partial charge in [0.2, 0.25) is 0 Å². The van der Waals surface area contributed by atoms with Crippen LogP contribution in [-0.4, -0.2) is 26.9 Å². The minimum atomic E-state index is -0.0855. The Morgan fingerprint density at radius 3 is 2.43 bits per heavy atom. The molecule has 0 bridgehead atoms. The van der Waals surface area contributed by atoms with Gasteiger partial charge in [-0.1, -0.05) is 44.2 Å². The molecule has 2 heterocycles. The molecule has 152 valence electrons. The fraction of sp³-hybridized carbons (Fsp3) is 0.240. The van der Waals surface area contributed by atoms with Crippen molar-refractivity contribution in [3.8, 4) is 11.4 Å². The van der Waals surface area contributed by atoms with Crippen molar-refractivity contribution in [1.29, 1.82) is 0 Å². The van der Waals surface area contributed by atoms with E-state index in [9.17, 15) is 4.79 Å². The number of carbonyl (C=O) groups excluding carboxylic acids is 1. The lowest BCUT2D eigenvalue weighted by molar-refractivity contribution is 0.0975. The molecule has 4 rings (SSSR count). The second-order valence-electron chi connectivity index (χ2n) is 8.06. The first-order chi connectivity index (χ1) is 14.5. The third-order valence-electron chi connectivity index (χ3n) is 5.22. The molecule has 1 atom stereocenters. The largest absolute Gasteiger partial charge is 0.361 e. The van der Waals surface area contributed by atoms with Crippen molar-refractivity contribution in [1.82, 2.24) is 15.0 Å². The van der Waals surface area contributed by atoms with Crippen molar-refractivity contribution in [2.24, 2.45) is 5.92 Å². The van der Waals surface area contributed by atoms with Crippen molar-refractivity contribution in [3.63, 3.8) is 0 Å². The summed E-state index contributed by atoms with van der Waals surface area (Å²) in [6.07, 6.45) is 6.07. The molecule has 4 aromatic rings. The molecule has 1 N–H and O–H groups in total. The number of carbonyl (C=O) groups is 1. The Morgan fingerprint density at radius 1 is 1.00 bits per heavy atom. The lowest BCUT2D eigenvalue weighted by atomic mass is 10.0. The molecule has 0 saturated carbocycles. The average Bonchev–Trinajstić information content (AvgIpc) is 3.22. The summed E-state index contributed by atoms with van der Waals surface area (Å²) in [6, 6.07) is 17.9. The molecular weight excluding hydrogens is 372 g/mol. The summed E-state index contributed by atoms with van der Waals surface area (Å²) in [4.78, 5) is 27.5. The highest BCUT2D eigenvalue weighted by Crippen LogP contribution is 2.27. The SMILES string of the molecule is CC(C)CC(C)N(C(=O)c1cnc(-c2ccccc2)nc1)c1ccc2[nH]ccc2c1. The molecule has 1 unspecified atom stereocenters. The monoisotopic (exact) mass is 398 g/mol. The van der Waals surface area contributed by atoms with Gasteiger partial charge in [-0.25, -0.2) is 9.97 Å². The van der Waals surface area contributed by atoms with Gasteiger partial charge in [-0.05, 0) is 43.5 Å². The van der Waals surface area contributed by atoms with E-state index in [1.54, 1.807) is 12.4 Å². The molecule has 0 fully saturated rings. The predicted octanol–water partition coefficient (Wildman–Crippen LogP) is 5.71. The van der Waals surface area contributed by atoms with Gasteiger partial charge in [0.15, 0.2) is 5.82 Å². The van der Waals surface area contributed by atoms with E-state index in [1.165, 1.54) is 0 Å². The van der Waals surface area contributed by atoms with Crippen LogP contribution in [0.3, 0.4) is 0 Å². The van der Waals surface area contributed by atoms with Gasteiger partial charge in [0.25, 0.3) is 5.91 Å². The van der Waals surface area contributed by atoms with Gasteiger partial charge in [0.05, 0.1) is 5.56 Å². The standard InChI is InChI=1S/C25H26N4O/c1-17(2)13-18(3)29(22-9-10-23-20(14-22)11-12-26-23)25(30)21-15-27-24(28-16-21)19-7-5-4-6-8-19/h4-12,14-18,26H,13H2,1-3H3. The normalized spacial score (nSPS) is 12.3. The number of hydrogen-bond acceptors (Lipinski definition) is 3. The molecule has 0 aliphatic carbocycles. The molecule has 5 nitrogen and oxygen atoms in total. The Morgan fingerprint density at radius 2 is 1.73 bits per heavy atom. The number of anilines is 1. The third-order valence-corrected chi connectivity index (χ3v) is 5.22. The van der Waals surface area contributed by atoms with Crippen LogP contribution in [0.15, 0.2) is 73.2 Å². The zero-order chi connectivity index (χ0) is 21.1. The molecule has 1 amide bonds. The maximum absolute atomic E-state index is 13.5. The first kappa shape index (κ1) is 19.8. The summed E-state index contributed by atoms with van der Waals surface area (Å²) in [5.41, 5.74) is 3.35. The Hall–Kier alpha value is -3.47. The highest BCUT2D eigenvalue weighted by molar-refractivity contribution is 6.07. The summed E-state index contributed by atoms with van der Waals surface area (Å²) in [5, 5.41) is 1.08. The van der Waals surface area contributed by atoms with Crippen molar-refractivity contribution in [2.75, 3.05) is 4.90 Å². The van der Waals surface area contributed by atoms with E-state index in [1.807, 2.05) is 59.6 Å². The number of aromatic nitrogens is 3. The van der Waals surface area contributed by atoms with Crippen LogP contribution >= 0.6 is 0 Å². The molecule has 0 radical (unpaired) electrons. The van der Waals surface area contributed by atoms with Crippen LogP contribution in [0.2, 0.25) is 0 Å². The van der Waals surface area contributed by atoms with Gasteiger partial charge in [-0.3, -0.25) is 4.79 Å². The second-order valence-corrected chi connectivity index (χ2v) is 8.06. The van der Waals surface area contributed by atoms with Crippen molar-refractivity contribution < 1.29 is 4.79 Å². The first-order valence-electron chi connectivity index (χ1n) is 10.3. The fourth-order valence-electron chi connectivity index (χ4n) is 3.86. The Balaban J connectivity index is 1.68. The first-order valence-corrected chi connectivity index (χ1v) is 10.3. The van der Waals surface area contributed by atoms with Crippen molar-refractivity contribution >= 4 is 22.5 Å². The summed E-state index contributed by atoms with van der Waals surface area (Å²) in [6.45, 7) is 6.44. The lowest BCUT2D eigenvalue weighted by Gasteiger charge is -2.30. The quantitative estimate of drug-likeness (QED) is 0.453. The van der Waals surface area contributed by atoms with Crippen LogP contribution in [0.5, 0.6) is 0 Å². The molecule has 0 saturated heterocycles. The van der Waals surface area contributed by atoms with E-state index in [4.69, 9.17) is 0 Å². The molecule has 2 aromatic heterocycles. The van der Waals surface area contributed by atoms with E-state index < -0.39 is 0 Å². The second kappa shape index (κ2) is 8.49. The average molecular weight is 399 g/mol. The molecule has 2 aromatic carbocycles. The number of rotatable bonds is 6. The van der Waals surface area contributed by atoms with Crippen LogP contribution in [0, 0.1) is 5.92 Å². The van der Waals surface area contributed by atoms with Gasteiger partial charge in [0.1, 0.15) is 0 Å². The van der Waals surface area contributed by atoms with Gasteiger partial charge >= 0.3 is 0 Å². The lowest BCUT2D eigenvalue weighted by Crippen LogP contribution is -2.39. The van der Waals surface area contributed by atoms with Crippen LogP contribution in [0.25, 0.3) is 22.3 Å². The minimum absolute atomic E-state index is 0.0442. The van der Waals surface area contributed by atoms with Gasteiger partial charge in [-0.15, -0.1) is 0 Å². The smallest absolute Gasteiger partial charge is 0.261 e. The van der Waals surface area contributed by atoms with Crippen LogP contribution in [0.1, 0.15) is 37.6 Å². The van der Waals surface area contributed by atoms with E-state index in [-0.39, 0.29) is 11.9 Å². The van der Waals surface area contributed by atoms with E-state index in [0.29, 0.717) is 17.3 Å². The number of nitrogens with zero attached hydrogens (tertiary/aromatic N) is 3. The number of fused-ring (bicyclic) bond motifs is 1. The third kappa shape index (κ3) is 4.10. The summed E-state index contributed by atoms with van der Waals surface area (Å²) < 4.78 is 0. The Labute approximate surface area is 176 Å².